The molecule has 3 N–H and O–H groups in total. The monoisotopic (exact) mass is 326 g/mol. The van der Waals surface area contributed by atoms with Crippen molar-refractivity contribution < 1.29 is 4.79 Å². The van der Waals surface area contributed by atoms with E-state index in [9.17, 15) is 4.79 Å². The fourth-order valence-corrected chi connectivity index (χ4v) is 2.25. The quantitative estimate of drug-likeness (QED) is 0.696. The Balaban J connectivity index is 0.00000242. The van der Waals surface area contributed by atoms with Gasteiger partial charge in [-0.15, -0.1) is 12.4 Å². The molecule has 0 fully saturated rings. The van der Waals surface area contributed by atoms with Crippen molar-refractivity contribution in [3.63, 3.8) is 0 Å². The van der Waals surface area contributed by atoms with E-state index in [1.165, 1.54) is 0 Å². The minimum atomic E-state index is -0.147. The normalized spacial score (nSPS) is 10.4. The van der Waals surface area contributed by atoms with E-state index >= 15 is 0 Å². The van der Waals surface area contributed by atoms with Crippen LogP contribution in [-0.4, -0.2) is 45.5 Å². The summed E-state index contributed by atoms with van der Waals surface area (Å²) in [6.45, 7) is 8.19. The topological polar surface area (TPSA) is 87.6 Å². The summed E-state index contributed by atoms with van der Waals surface area (Å²) in [6.07, 6.45) is 0. The molecule has 2 aromatic rings. The summed E-state index contributed by atoms with van der Waals surface area (Å²) in [5.74, 6) is -0.147. The van der Waals surface area contributed by atoms with E-state index in [0.29, 0.717) is 12.2 Å². The molecule has 0 aliphatic carbocycles. The van der Waals surface area contributed by atoms with Crippen LogP contribution in [0.2, 0.25) is 0 Å². The first-order chi connectivity index (χ1) is 10.0. The molecule has 1 amide bonds. The molecule has 0 atom stereocenters. The average molecular weight is 327 g/mol. The molecule has 0 saturated heterocycles. The van der Waals surface area contributed by atoms with Gasteiger partial charge in [0.15, 0.2) is 0 Å². The van der Waals surface area contributed by atoms with Gasteiger partial charge in [0.2, 0.25) is 0 Å². The van der Waals surface area contributed by atoms with E-state index in [0.717, 1.165) is 35.7 Å². The lowest BCUT2D eigenvalue weighted by Crippen LogP contribution is -2.31. The highest BCUT2D eigenvalue weighted by Gasteiger charge is 2.16. The van der Waals surface area contributed by atoms with E-state index in [-0.39, 0.29) is 18.3 Å². The number of carbonyl (C=O) groups is 1. The zero-order chi connectivity index (χ0) is 15.4. The van der Waals surface area contributed by atoms with E-state index in [1.54, 1.807) is 6.07 Å². The number of nitrogens with one attached hydrogen (secondary N) is 3. The lowest BCUT2D eigenvalue weighted by molar-refractivity contribution is 0.0949. The smallest absolute Gasteiger partial charge is 0.269 e. The Morgan fingerprint density at radius 1 is 1.36 bits per heavy atom. The number of hydrogen-bond acceptors (Lipinski definition) is 4. The van der Waals surface area contributed by atoms with Gasteiger partial charge in [-0.05, 0) is 26.5 Å². The summed E-state index contributed by atoms with van der Waals surface area (Å²) < 4.78 is 1.81. The molecule has 0 bridgehead atoms. The maximum Gasteiger partial charge on any atom is 0.269 e. The van der Waals surface area contributed by atoms with Gasteiger partial charge in [0.1, 0.15) is 5.69 Å². The molecule has 8 heteroatoms. The van der Waals surface area contributed by atoms with Crippen molar-refractivity contribution >= 4 is 18.3 Å². The number of halogens is 1. The molecule has 2 aromatic heterocycles. The molecule has 7 nitrogen and oxygen atoms in total. The number of aromatic amines is 1. The van der Waals surface area contributed by atoms with Crippen molar-refractivity contribution in [2.24, 2.45) is 7.05 Å². The predicted molar refractivity (Wildman–Crippen MR) is 88.4 cm³/mol. The largest absolute Gasteiger partial charge is 0.349 e. The molecule has 0 saturated carbocycles. The molecule has 0 aliphatic rings. The number of aryl methyl sites for hydroxylation is 2. The van der Waals surface area contributed by atoms with Crippen LogP contribution in [0.25, 0.3) is 11.3 Å². The molecule has 122 valence electrons. The molecule has 0 spiro atoms. The van der Waals surface area contributed by atoms with Crippen LogP contribution < -0.4 is 10.6 Å². The molecule has 22 heavy (non-hydrogen) atoms. The molecule has 0 unspecified atom stereocenters. The minimum absolute atomic E-state index is 0. The van der Waals surface area contributed by atoms with Gasteiger partial charge in [0.25, 0.3) is 5.91 Å². The van der Waals surface area contributed by atoms with Crippen LogP contribution in [0, 0.1) is 13.8 Å². The number of aromatic nitrogens is 4. The van der Waals surface area contributed by atoms with E-state index in [2.05, 4.69) is 25.9 Å². The van der Waals surface area contributed by atoms with Gasteiger partial charge in [-0.1, -0.05) is 6.92 Å². The van der Waals surface area contributed by atoms with Gasteiger partial charge in [-0.3, -0.25) is 14.6 Å². The van der Waals surface area contributed by atoms with Crippen LogP contribution in [0.3, 0.4) is 0 Å². The Hall–Kier alpha value is -1.86. The summed E-state index contributed by atoms with van der Waals surface area (Å²) in [4.78, 5) is 12.0. The van der Waals surface area contributed by atoms with Gasteiger partial charge >= 0.3 is 0 Å². The molecule has 2 heterocycles. The van der Waals surface area contributed by atoms with Crippen molar-refractivity contribution in [1.29, 1.82) is 0 Å². The Morgan fingerprint density at radius 2 is 2.09 bits per heavy atom. The second kappa shape index (κ2) is 7.95. The number of amides is 1. The van der Waals surface area contributed by atoms with Crippen LogP contribution in [0.15, 0.2) is 6.07 Å². The van der Waals surface area contributed by atoms with Crippen molar-refractivity contribution in [3.8, 4) is 11.3 Å². The SMILES string of the molecule is CCNCCNC(=O)c1cc(-c2c(C)nn(C)c2C)n[nH]1.Cl. The number of rotatable bonds is 6. The first-order valence-corrected chi connectivity index (χ1v) is 7.09. The summed E-state index contributed by atoms with van der Waals surface area (Å²) in [6, 6.07) is 1.76. The molecule has 0 aromatic carbocycles. The third-order valence-electron chi connectivity index (χ3n) is 3.42. The second-order valence-corrected chi connectivity index (χ2v) is 4.95. The number of nitrogens with zero attached hydrogens (tertiary/aromatic N) is 3. The number of likely N-dealkylation sites (N-methyl/N-ethyl adjacent to an activating group) is 1. The summed E-state index contributed by atoms with van der Waals surface area (Å²) in [5.41, 5.74) is 4.11. The maximum atomic E-state index is 12.0. The van der Waals surface area contributed by atoms with Crippen LogP contribution in [0.5, 0.6) is 0 Å². The number of carbonyl (C=O) groups excluding carboxylic acids is 1. The Kier molecular flexibility index (Phi) is 6.58. The predicted octanol–water partition coefficient (Wildman–Crippen LogP) is 1.19. The zero-order valence-corrected chi connectivity index (χ0v) is 14.2. The highest BCUT2D eigenvalue weighted by atomic mass is 35.5. The fraction of sp³-hybridized carbons (Fsp3) is 0.500. The third-order valence-corrected chi connectivity index (χ3v) is 3.42. The second-order valence-electron chi connectivity index (χ2n) is 4.95. The lowest BCUT2D eigenvalue weighted by atomic mass is 10.1. The summed E-state index contributed by atoms with van der Waals surface area (Å²) in [5, 5.41) is 17.4. The fourth-order valence-electron chi connectivity index (χ4n) is 2.25. The lowest BCUT2D eigenvalue weighted by Gasteiger charge is -2.03. The molecule has 0 radical (unpaired) electrons. The van der Waals surface area contributed by atoms with Gasteiger partial charge in [-0.2, -0.15) is 10.2 Å². The molecule has 2 rings (SSSR count). The highest BCUT2D eigenvalue weighted by Crippen LogP contribution is 2.24. The summed E-state index contributed by atoms with van der Waals surface area (Å²) >= 11 is 0. The van der Waals surface area contributed by atoms with Crippen LogP contribution in [0.4, 0.5) is 0 Å². The Labute approximate surface area is 136 Å². The highest BCUT2D eigenvalue weighted by molar-refractivity contribution is 5.93. The van der Waals surface area contributed by atoms with Gasteiger partial charge in [-0.25, -0.2) is 0 Å². The van der Waals surface area contributed by atoms with Crippen molar-refractivity contribution in [3.05, 3.63) is 23.1 Å². The van der Waals surface area contributed by atoms with Crippen LogP contribution in [0.1, 0.15) is 28.8 Å². The van der Waals surface area contributed by atoms with Gasteiger partial charge in [0, 0.05) is 31.4 Å². The maximum absolute atomic E-state index is 12.0. The zero-order valence-electron chi connectivity index (χ0n) is 13.4. The first-order valence-electron chi connectivity index (χ1n) is 7.09. The third kappa shape index (κ3) is 3.86. The van der Waals surface area contributed by atoms with E-state index < -0.39 is 0 Å². The van der Waals surface area contributed by atoms with Crippen molar-refractivity contribution in [2.75, 3.05) is 19.6 Å². The van der Waals surface area contributed by atoms with Crippen molar-refractivity contribution in [2.45, 2.75) is 20.8 Å². The average Bonchev–Trinajstić information content (AvgIpc) is 3.01. The number of hydrogen-bond donors (Lipinski definition) is 3. The summed E-state index contributed by atoms with van der Waals surface area (Å²) in [7, 11) is 1.90. The van der Waals surface area contributed by atoms with Gasteiger partial charge < -0.3 is 10.6 Å². The van der Waals surface area contributed by atoms with Crippen LogP contribution in [-0.2, 0) is 7.05 Å². The van der Waals surface area contributed by atoms with E-state index in [1.807, 2.05) is 32.5 Å². The Morgan fingerprint density at radius 3 is 2.68 bits per heavy atom. The molecule has 0 aliphatic heterocycles. The van der Waals surface area contributed by atoms with E-state index in [4.69, 9.17) is 0 Å². The van der Waals surface area contributed by atoms with Crippen LogP contribution >= 0.6 is 12.4 Å². The number of H-pyrrole nitrogens is 1. The van der Waals surface area contributed by atoms with Gasteiger partial charge in [0.05, 0.1) is 11.4 Å². The molecular formula is C14H23ClN6O. The standard InChI is InChI=1S/C14H22N6O.ClH/c1-5-15-6-7-16-14(21)12-8-11(17-18-12)13-9(2)19-20(4)10(13)3;/h8,15H,5-7H2,1-4H3,(H,16,21)(H,17,18);1H. The minimum Gasteiger partial charge on any atom is -0.349 e. The van der Waals surface area contributed by atoms with Crippen molar-refractivity contribution in [1.82, 2.24) is 30.6 Å². The molecular weight excluding hydrogens is 304 g/mol. The first kappa shape index (κ1) is 18.2. The Bertz CT molecular complexity index is 633.